The average molecular weight is 155 g/mol. The van der Waals surface area contributed by atoms with Crippen LogP contribution in [-0.4, -0.2) is 36.3 Å². The molecule has 11 heavy (non-hydrogen) atoms. The highest BCUT2D eigenvalue weighted by atomic mass is 15.1. The fourth-order valence-electron chi connectivity index (χ4n) is 0.654. The van der Waals surface area contributed by atoms with Crippen molar-refractivity contribution in [3.05, 3.63) is 12.4 Å². The molecule has 1 unspecified atom stereocenters. The molecule has 0 aliphatic heterocycles. The number of nitrogens with zero attached hydrogens (tertiary/aromatic N) is 2. The molecule has 0 aromatic heterocycles. The highest BCUT2D eigenvalue weighted by Gasteiger charge is 2.00. The predicted molar refractivity (Wildman–Crippen MR) is 50.0 cm³/mol. The van der Waals surface area contributed by atoms with Gasteiger partial charge in [0.2, 0.25) is 0 Å². The lowest BCUT2D eigenvalue weighted by atomic mass is 10.2. The van der Waals surface area contributed by atoms with Crippen LogP contribution in [0.3, 0.4) is 0 Å². The summed E-state index contributed by atoms with van der Waals surface area (Å²) in [6.07, 6.45) is 5.16. The minimum Gasteiger partial charge on any atom is -0.373 e. The Labute approximate surface area is 69.8 Å². The first-order valence-electron chi connectivity index (χ1n) is 4.01. The Balaban J connectivity index is 3.85. The van der Waals surface area contributed by atoms with Gasteiger partial charge in [0.05, 0.1) is 6.20 Å². The van der Waals surface area contributed by atoms with Crippen molar-refractivity contribution in [3.63, 3.8) is 0 Å². The van der Waals surface area contributed by atoms with E-state index in [2.05, 4.69) is 32.5 Å². The monoisotopic (exact) mass is 155 g/mol. The summed E-state index contributed by atoms with van der Waals surface area (Å²) in [5, 5.41) is 0. The van der Waals surface area contributed by atoms with Crippen molar-refractivity contribution in [1.82, 2.24) is 4.90 Å². The second-order valence-corrected chi connectivity index (χ2v) is 2.98. The van der Waals surface area contributed by atoms with Gasteiger partial charge in [0, 0.05) is 13.1 Å². The van der Waals surface area contributed by atoms with Crippen LogP contribution >= 0.6 is 0 Å². The molecule has 1 atom stereocenters. The van der Waals surface area contributed by atoms with Crippen molar-refractivity contribution in [2.45, 2.75) is 26.3 Å². The molecule has 0 saturated heterocycles. The quantitative estimate of drug-likeness (QED) is 0.441. The maximum absolute atomic E-state index is 3.72. The smallest absolute Gasteiger partial charge is 0.184 e. The molecule has 0 rings (SSSR count). The van der Waals surface area contributed by atoms with Crippen LogP contribution in [0.4, 0.5) is 0 Å². The topological polar surface area (TPSA) is 6.25 Å². The van der Waals surface area contributed by atoms with Crippen LogP contribution in [0.1, 0.15) is 20.3 Å². The summed E-state index contributed by atoms with van der Waals surface area (Å²) in [5.74, 6) is 0. The summed E-state index contributed by atoms with van der Waals surface area (Å²) in [7, 11) is 4.00. The van der Waals surface area contributed by atoms with E-state index in [4.69, 9.17) is 0 Å². The summed E-state index contributed by atoms with van der Waals surface area (Å²) >= 11 is 0. The second kappa shape index (κ2) is 4.94. The van der Waals surface area contributed by atoms with Crippen molar-refractivity contribution >= 4 is 6.72 Å². The zero-order chi connectivity index (χ0) is 8.85. The van der Waals surface area contributed by atoms with Gasteiger partial charge in [-0.05, 0) is 13.3 Å². The molecule has 0 aliphatic rings. The molecule has 2 nitrogen and oxygen atoms in total. The Kier molecular flexibility index (Phi) is 4.59. The van der Waals surface area contributed by atoms with Gasteiger partial charge in [-0.1, -0.05) is 6.92 Å². The normalized spacial score (nSPS) is 13.5. The molecule has 0 saturated carbocycles. The second-order valence-electron chi connectivity index (χ2n) is 2.98. The Hall–Kier alpha value is -0.790. The van der Waals surface area contributed by atoms with E-state index in [9.17, 15) is 0 Å². The first kappa shape index (κ1) is 10.2. The fraction of sp³-hybridized carbons (Fsp3) is 0.667. The molecule has 0 amide bonds. The molecule has 0 fully saturated rings. The number of rotatable bonds is 4. The number of hydrogen-bond acceptors (Lipinski definition) is 1. The fourth-order valence-corrected chi connectivity index (χ4v) is 0.654. The third kappa shape index (κ3) is 4.59. The summed E-state index contributed by atoms with van der Waals surface area (Å²) in [6, 6.07) is 0.603. The van der Waals surface area contributed by atoms with Gasteiger partial charge in [0.25, 0.3) is 0 Å². The maximum Gasteiger partial charge on any atom is 0.184 e. The summed E-state index contributed by atoms with van der Waals surface area (Å²) in [5.41, 5.74) is 0. The molecular formula is C9H19N2+. The minimum absolute atomic E-state index is 0.603. The average Bonchev–Trinajstić information content (AvgIpc) is 1.98. The van der Waals surface area contributed by atoms with Gasteiger partial charge >= 0.3 is 0 Å². The summed E-state index contributed by atoms with van der Waals surface area (Å²) < 4.78 is 1.79. The Morgan fingerprint density at radius 1 is 1.64 bits per heavy atom. The van der Waals surface area contributed by atoms with E-state index in [-0.39, 0.29) is 0 Å². The van der Waals surface area contributed by atoms with Crippen molar-refractivity contribution in [3.8, 4) is 0 Å². The van der Waals surface area contributed by atoms with E-state index >= 15 is 0 Å². The predicted octanol–water partition coefficient (Wildman–Crippen LogP) is 1.53. The zero-order valence-corrected chi connectivity index (χ0v) is 8.04. The zero-order valence-electron chi connectivity index (χ0n) is 8.04. The molecule has 0 heterocycles. The Morgan fingerprint density at radius 3 is 2.55 bits per heavy atom. The van der Waals surface area contributed by atoms with Crippen molar-refractivity contribution in [1.29, 1.82) is 0 Å². The van der Waals surface area contributed by atoms with Gasteiger partial charge in [-0.25, -0.2) is 4.58 Å². The summed E-state index contributed by atoms with van der Waals surface area (Å²) in [6.45, 7) is 8.10. The van der Waals surface area contributed by atoms with Gasteiger partial charge in [0.15, 0.2) is 6.20 Å². The van der Waals surface area contributed by atoms with E-state index in [0.29, 0.717) is 6.04 Å². The summed E-state index contributed by atoms with van der Waals surface area (Å²) in [4.78, 5) is 2.18. The Bertz CT molecular complexity index is 150. The van der Waals surface area contributed by atoms with Crippen LogP contribution in [0.5, 0.6) is 0 Å². The van der Waals surface area contributed by atoms with Crippen LogP contribution < -0.4 is 0 Å². The highest BCUT2D eigenvalue weighted by molar-refractivity contribution is 5.15. The number of hydrogen-bond donors (Lipinski definition) is 0. The lowest BCUT2D eigenvalue weighted by molar-refractivity contribution is -0.412. The third-order valence-electron chi connectivity index (χ3n) is 1.84. The van der Waals surface area contributed by atoms with Crippen molar-refractivity contribution < 1.29 is 4.58 Å². The van der Waals surface area contributed by atoms with Crippen LogP contribution in [-0.2, 0) is 0 Å². The lowest BCUT2D eigenvalue weighted by Crippen LogP contribution is -2.22. The van der Waals surface area contributed by atoms with Gasteiger partial charge in [-0.2, -0.15) is 0 Å². The molecular weight excluding hydrogens is 136 g/mol. The van der Waals surface area contributed by atoms with E-state index in [1.54, 1.807) is 4.58 Å². The molecule has 0 N–H and O–H groups in total. The van der Waals surface area contributed by atoms with Crippen LogP contribution in [0.2, 0.25) is 0 Å². The Morgan fingerprint density at radius 2 is 2.18 bits per heavy atom. The van der Waals surface area contributed by atoms with Gasteiger partial charge < -0.3 is 4.90 Å². The van der Waals surface area contributed by atoms with Gasteiger partial charge in [0.1, 0.15) is 13.8 Å². The van der Waals surface area contributed by atoms with E-state index in [1.165, 1.54) is 6.42 Å². The van der Waals surface area contributed by atoms with Crippen LogP contribution in [0, 0.1) is 0 Å². The van der Waals surface area contributed by atoms with Gasteiger partial charge in [-0.3, -0.25) is 0 Å². The molecule has 64 valence electrons. The van der Waals surface area contributed by atoms with E-state index in [1.807, 2.05) is 19.4 Å². The van der Waals surface area contributed by atoms with Crippen molar-refractivity contribution in [2.75, 3.05) is 14.1 Å². The first-order chi connectivity index (χ1) is 5.07. The molecule has 0 radical (unpaired) electrons. The molecule has 0 bridgehead atoms. The lowest BCUT2D eigenvalue weighted by Gasteiger charge is -2.20. The van der Waals surface area contributed by atoms with Crippen molar-refractivity contribution in [2.24, 2.45) is 0 Å². The van der Waals surface area contributed by atoms with E-state index in [0.717, 1.165) is 0 Å². The third-order valence-corrected chi connectivity index (χ3v) is 1.84. The molecule has 0 aliphatic carbocycles. The largest absolute Gasteiger partial charge is 0.373 e. The first-order valence-corrected chi connectivity index (χ1v) is 4.01. The van der Waals surface area contributed by atoms with Gasteiger partial charge in [-0.15, -0.1) is 0 Å². The molecule has 0 spiro atoms. The molecule has 2 heteroatoms. The van der Waals surface area contributed by atoms with Crippen LogP contribution in [0.15, 0.2) is 12.4 Å². The molecule has 0 aromatic rings. The standard InChI is InChI=1S/C9H19N2/c1-6-9(2)11(5)8-7-10(3)4/h7-9H,3,6H2,1-2,4-5H3/q+1/b8-7-. The minimum atomic E-state index is 0.603. The molecule has 0 aromatic carbocycles. The highest BCUT2D eigenvalue weighted by Crippen LogP contribution is 1.99. The van der Waals surface area contributed by atoms with E-state index < -0.39 is 0 Å². The van der Waals surface area contributed by atoms with Crippen LogP contribution in [0.25, 0.3) is 0 Å². The SMILES string of the molecule is C=[N+](C)/C=C\N(C)C(C)CC. The maximum atomic E-state index is 3.72.